The normalized spacial score (nSPS) is 12.3. The van der Waals surface area contributed by atoms with Crippen LogP contribution >= 0.6 is 34.4 Å². The average molecular weight is 299 g/mol. The lowest BCUT2D eigenvalue weighted by molar-refractivity contribution is -0.119. The third-order valence-corrected chi connectivity index (χ3v) is 5.21. The number of rotatable bonds is 5. The number of carbonyl (C=O) groups excluding carboxylic acids is 1. The van der Waals surface area contributed by atoms with Gasteiger partial charge in [-0.25, -0.2) is 0 Å². The maximum absolute atomic E-state index is 11.8. The molecular weight excluding hydrogens is 286 g/mol. The highest BCUT2D eigenvalue weighted by Crippen LogP contribution is 2.22. The molecule has 0 bridgehead atoms. The molecule has 1 unspecified atom stereocenters. The van der Waals surface area contributed by atoms with E-state index in [9.17, 15) is 4.79 Å². The fourth-order valence-electron chi connectivity index (χ4n) is 1.36. The van der Waals surface area contributed by atoms with Gasteiger partial charge in [0, 0.05) is 4.88 Å². The Morgan fingerprint density at radius 2 is 2.39 bits per heavy atom. The highest BCUT2D eigenvalue weighted by atomic mass is 32.2. The van der Waals surface area contributed by atoms with Gasteiger partial charge in [-0.3, -0.25) is 4.79 Å². The monoisotopic (exact) mass is 299 g/mol. The van der Waals surface area contributed by atoms with Crippen LogP contribution in [0.15, 0.2) is 21.9 Å². The molecule has 2 aromatic rings. The van der Waals surface area contributed by atoms with Gasteiger partial charge in [-0.1, -0.05) is 29.2 Å². The van der Waals surface area contributed by atoms with Crippen molar-refractivity contribution in [3.05, 3.63) is 27.4 Å². The first-order valence-electron chi connectivity index (χ1n) is 5.41. The maximum Gasteiger partial charge on any atom is 0.230 e. The van der Waals surface area contributed by atoms with Gasteiger partial charge in [0.05, 0.1) is 11.8 Å². The van der Waals surface area contributed by atoms with Gasteiger partial charge in [-0.2, -0.15) is 0 Å². The zero-order valence-electron chi connectivity index (χ0n) is 10.0. The summed E-state index contributed by atoms with van der Waals surface area (Å²) in [4.78, 5) is 12.9. The molecule has 0 aliphatic rings. The molecule has 0 radical (unpaired) electrons. The zero-order valence-corrected chi connectivity index (χ0v) is 12.5. The number of aryl methyl sites for hydroxylation is 1. The third kappa shape index (κ3) is 3.79. The highest BCUT2D eigenvalue weighted by molar-refractivity contribution is 8.01. The number of hydrogen-bond acceptors (Lipinski definition) is 6. The highest BCUT2D eigenvalue weighted by Gasteiger charge is 2.11. The second-order valence-electron chi connectivity index (χ2n) is 3.68. The Morgan fingerprint density at radius 3 is 3.00 bits per heavy atom. The van der Waals surface area contributed by atoms with E-state index in [4.69, 9.17) is 0 Å². The van der Waals surface area contributed by atoms with Crippen molar-refractivity contribution in [2.24, 2.45) is 0 Å². The van der Waals surface area contributed by atoms with Gasteiger partial charge in [-0.05, 0) is 25.3 Å². The Labute approximate surface area is 118 Å². The summed E-state index contributed by atoms with van der Waals surface area (Å²) in [7, 11) is 0. The molecule has 7 heteroatoms. The van der Waals surface area contributed by atoms with Crippen LogP contribution in [0.4, 0.5) is 0 Å². The van der Waals surface area contributed by atoms with Crippen LogP contribution in [0.25, 0.3) is 0 Å². The zero-order chi connectivity index (χ0) is 13.0. The van der Waals surface area contributed by atoms with Gasteiger partial charge in [0.15, 0.2) is 4.34 Å². The lowest BCUT2D eigenvalue weighted by Crippen LogP contribution is -2.27. The molecule has 1 atom stereocenters. The summed E-state index contributed by atoms with van der Waals surface area (Å²) in [5.74, 6) is 0.401. The van der Waals surface area contributed by atoms with Gasteiger partial charge in [-0.15, -0.1) is 21.5 Å². The molecule has 0 saturated carbocycles. The summed E-state index contributed by atoms with van der Waals surface area (Å²) in [6.45, 7) is 3.89. The quantitative estimate of drug-likeness (QED) is 0.863. The Kier molecular flexibility index (Phi) is 4.73. The second-order valence-corrected chi connectivity index (χ2v) is 7.06. The maximum atomic E-state index is 11.8. The molecule has 0 aliphatic heterocycles. The molecule has 96 valence electrons. The number of amides is 1. The van der Waals surface area contributed by atoms with Gasteiger partial charge >= 0.3 is 0 Å². The molecule has 1 amide bonds. The van der Waals surface area contributed by atoms with Gasteiger partial charge < -0.3 is 5.32 Å². The fourth-order valence-corrected chi connectivity index (χ4v) is 3.72. The van der Waals surface area contributed by atoms with Crippen molar-refractivity contribution < 1.29 is 4.79 Å². The predicted octanol–water partition coefficient (Wildman–Crippen LogP) is 2.88. The minimum absolute atomic E-state index is 0.0220. The van der Waals surface area contributed by atoms with E-state index in [0.29, 0.717) is 5.75 Å². The molecule has 2 rings (SSSR count). The molecule has 0 aliphatic carbocycles. The summed E-state index contributed by atoms with van der Waals surface area (Å²) in [6, 6.07) is 4.08. The Balaban J connectivity index is 1.78. The van der Waals surface area contributed by atoms with Crippen molar-refractivity contribution in [2.45, 2.75) is 24.2 Å². The molecule has 0 fully saturated rings. The van der Waals surface area contributed by atoms with Gasteiger partial charge in [0.2, 0.25) is 5.91 Å². The number of nitrogens with one attached hydrogen (secondary N) is 1. The minimum atomic E-state index is 0.0220. The van der Waals surface area contributed by atoms with E-state index in [2.05, 4.69) is 15.5 Å². The second kappa shape index (κ2) is 6.31. The standard InChI is InChI=1S/C11H13N3OS3/c1-7(9-4-3-5-16-9)12-10(15)6-17-11-14-13-8(2)18-11/h3-5,7H,6H2,1-2H3,(H,12,15). The first-order chi connectivity index (χ1) is 8.65. The van der Waals surface area contributed by atoms with Crippen LogP contribution < -0.4 is 5.32 Å². The van der Waals surface area contributed by atoms with E-state index in [-0.39, 0.29) is 11.9 Å². The Hall–Kier alpha value is -0.920. The van der Waals surface area contributed by atoms with Crippen molar-refractivity contribution in [3.63, 3.8) is 0 Å². The molecule has 2 heterocycles. The van der Waals surface area contributed by atoms with Crippen LogP contribution in [0, 0.1) is 6.92 Å². The summed E-state index contributed by atoms with van der Waals surface area (Å²) in [6.07, 6.45) is 0. The summed E-state index contributed by atoms with van der Waals surface area (Å²) in [5.41, 5.74) is 0. The first-order valence-corrected chi connectivity index (χ1v) is 8.09. The SMILES string of the molecule is Cc1nnc(SCC(=O)NC(C)c2cccs2)s1. The molecular formula is C11H13N3OS3. The van der Waals surface area contributed by atoms with E-state index < -0.39 is 0 Å². The number of hydrogen-bond donors (Lipinski definition) is 1. The van der Waals surface area contributed by atoms with Crippen molar-refractivity contribution >= 4 is 40.3 Å². The predicted molar refractivity (Wildman–Crippen MR) is 76.2 cm³/mol. The van der Waals surface area contributed by atoms with Crippen molar-refractivity contribution in [1.82, 2.24) is 15.5 Å². The summed E-state index contributed by atoms with van der Waals surface area (Å²) in [5, 5.41) is 13.8. The number of nitrogens with zero attached hydrogens (tertiary/aromatic N) is 2. The molecule has 1 N–H and O–H groups in total. The summed E-state index contributed by atoms with van der Waals surface area (Å²) >= 11 is 4.58. The average Bonchev–Trinajstić information content (AvgIpc) is 2.97. The number of thioether (sulfide) groups is 1. The number of thiophene rings is 1. The molecule has 18 heavy (non-hydrogen) atoms. The Bertz CT molecular complexity index is 509. The molecule has 0 spiro atoms. The van der Waals surface area contributed by atoms with E-state index in [1.165, 1.54) is 28.0 Å². The molecule has 0 aromatic carbocycles. The van der Waals surface area contributed by atoms with Crippen LogP contribution in [0.5, 0.6) is 0 Å². The van der Waals surface area contributed by atoms with Crippen LogP contribution in [0.2, 0.25) is 0 Å². The van der Waals surface area contributed by atoms with Crippen molar-refractivity contribution in [2.75, 3.05) is 5.75 Å². The number of carbonyl (C=O) groups is 1. The van der Waals surface area contributed by atoms with E-state index in [1.807, 2.05) is 31.4 Å². The largest absolute Gasteiger partial charge is 0.348 e. The van der Waals surface area contributed by atoms with Crippen LogP contribution in [-0.2, 0) is 4.79 Å². The third-order valence-electron chi connectivity index (χ3n) is 2.18. The fraction of sp³-hybridized carbons (Fsp3) is 0.364. The lowest BCUT2D eigenvalue weighted by atomic mass is 10.3. The van der Waals surface area contributed by atoms with Gasteiger partial charge in [0.25, 0.3) is 0 Å². The molecule has 4 nitrogen and oxygen atoms in total. The molecule has 2 aromatic heterocycles. The summed E-state index contributed by atoms with van der Waals surface area (Å²) < 4.78 is 0.839. The number of aromatic nitrogens is 2. The lowest BCUT2D eigenvalue weighted by Gasteiger charge is -2.11. The molecule has 0 saturated heterocycles. The van der Waals surface area contributed by atoms with Gasteiger partial charge in [0.1, 0.15) is 5.01 Å². The van der Waals surface area contributed by atoms with E-state index >= 15 is 0 Å². The van der Waals surface area contributed by atoms with Crippen LogP contribution in [-0.4, -0.2) is 21.9 Å². The van der Waals surface area contributed by atoms with E-state index in [0.717, 1.165) is 9.35 Å². The smallest absolute Gasteiger partial charge is 0.230 e. The minimum Gasteiger partial charge on any atom is -0.348 e. The topological polar surface area (TPSA) is 54.9 Å². The van der Waals surface area contributed by atoms with Crippen molar-refractivity contribution in [1.29, 1.82) is 0 Å². The van der Waals surface area contributed by atoms with Crippen LogP contribution in [0.1, 0.15) is 22.9 Å². The first kappa shape index (κ1) is 13.5. The Morgan fingerprint density at radius 1 is 1.56 bits per heavy atom. The van der Waals surface area contributed by atoms with E-state index in [1.54, 1.807) is 11.3 Å². The van der Waals surface area contributed by atoms with Crippen molar-refractivity contribution in [3.8, 4) is 0 Å². The van der Waals surface area contributed by atoms with Crippen LogP contribution in [0.3, 0.4) is 0 Å².